The van der Waals surface area contributed by atoms with Crippen LogP contribution in [0, 0.1) is 11.3 Å². The van der Waals surface area contributed by atoms with E-state index in [1.165, 1.54) is 5.56 Å². The fourth-order valence-electron chi connectivity index (χ4n) is 4.83. The van der Waals surface area contributed by atoms with Crippen LogP contribution >= 0.6 is 0 Å². The van der Waals surface area contributed by atoms with Crippen molar-refractivity contribution in [2.75, 3.05) is 39.4 Å². The highest BCUT2D eigenvalue weighted by atomic mass is 16.5. The van der Waals surface area contributed by atoms with E-state index in [1.807, 2.05) is 11.0 Å². The van der Waals surface area contributed by atoms with Crippen LogP contribution in [0.25, 0.3) is 0 Å². The molecular weight excluding hydrogens is 340 g/mol. The minimum atomic E-state index is 0.0544. The maximum Gasteiger partial charge on any atom is 0.228 e. The number of likely N-dealkylation sites (tertiary alicyclic amines) is 2. The first kappa shape index (κ1) is 18.5. The fraction of sp³-hybridized carbons (Fsp3) is 0.636. The second-order valence-corrected chi connectivity index (χ2v) is 8.47. The zero-order chi connectivity index (χ0) is 18.7. The van der Waals surface area contributed by atoms with Crippen LogP contribution in [-0.2, 0) is 20.7 Å². The lowest BCUT2D eigenvalue weighted by Gasteiger charge is -2.39. The average molecular weight is 370 g/mol. The minimum Gasteiger partial charge on any atom is -0.381 e. The molecule has 2 amide bonds. The van der Waals surface area contributed by atoms with E-state index in [4.69, 9.17) is 4.74 Å². The summed E-state index contributed by atoms with van der Waals surface area (Å²) in [5.41, 5.74) is 1.42. The van der Waals surface area contributed by atoms with E-state index in [2.05, 4.69) is 29.2 Å². The third-order valence-corrected chi connectivity index (χ3v) is 6.56. The maximum atomic E-state index is 12.6. The van der Waals surface area contributed by atoms with Gasteiger partial charge in [-0.25, -0.2) is 0 Å². The first-order valence-corrected chi connectivity index (χ1v) is 10.3. The highest BCUT2D eigenvalue weighted by Gasteiger charge is 2.45. The number of piperidine rings is 1. The first-order valence-electron chi connectivity index (χ1n) is 10.3. The number of carbonyl (C=O) groups is 2. The molecule has 3 heterocycles. The molecule has 0 saturated carbocycles. The monoisotopic (exact) mass is 370 g/mol. The van der Waals surface area contributed by atoms with E-state index in [1.54, 1.807) is 0 Å². The van der Waals surface area contributed by atoms with Gasteiger partial charge in [-0.1, -0.05) is 30.3 Å². The topological polar surface area (TPSA) is 49.9 Å². The van der Waals surface area contributed by atoms with Crippen LogP contribution in [0.1, 0.15) is 37.7 Å². The Morgan fingerprint density at radius 2 is 1.96 bits per heavy atom. The second kappa shape index (κ2) is 8.01. The van der Waals surface area contributed by atoms with Crippen molar-refractivity contribution in [1.82, 2.24) is 9.80 Å². The van der Waals surface area contributed by atoms with Crippen LogP contribution in [0.4, 0.5) is 0 Å². The summed E-state index contributed by atoms with van der Waals surface area (Å²) < 4.78 is 5.36. The van der Waals surface area contributed by atoms with Crippen LogP contribution in [0.15, 0.2) is 30.3 Å². The molecule has 4 rings (SSSR count). The summed E-state index contributed by atoms with van der Waals surface area (Å²) in [4.78, 5) is 29.2. The quantitative estimate of drug-likeness (QED) is 0.800. The molecule has 3 saturated heterocycles. The van der Waals surface area contributed by atoms with Crippen molar-refractivity contribution < 1.29 is 14.3 Å². The SMILES string of the molecule is O=C1CC2(CCN(C(=O)[C@@H]3CCOC3)CC2)CN1CCCc1ccccc1. The van der Waals surface area contributed by atoms with Crippen LogP contribution in [-0.4, -0.2) is 61.0 Å². The maximum absolute atomic E-state index is 12.6. The molecule has 27 heavy (non-hydrogen) atoms. The summed E-state index contributed by atoms with van der Waals surface area (Å²) in [6, 6.07) is 10.5. The van der Waals surface area contributed by atoms with E-state index >= 15 is 0 Å². The summed E-state index contributed by atoms with van der Waals surface area (Å²) >= 11 is 0. The number of hydrogen-bond acceptors (Lipinski definition) is 3. The summed E-state index contributed by atoms with van der Waals surface area (Å²) in [7, 11) is 0. The Bertz CT molecular complexity index is 661. The van der Waals surface area contributed by atoms with Crippen LogP contribution in [0.5, 0.6) is 0 Å². The summed E-state index contributed by atoms with van der Waals surface area (Å²) in [5, 5.41) is 0. The molecule has 0 aliphatic carbocycles. The Hall–Kier alpha value is -1.88. The molecule has 5 heteroatoms. The lowest BCUT2D eigenvalue weighted by molar-refractivity contribution is -0.137. The second-order valence-electron chi connectivity index (χ2n) is 8.47. The normalized spacial score (nSPS) is 24.7. The first-order chi connectivity index (χ1) is 13.2. The molecule has 146 valence electrons. The van der Waals surface area contributed by atoms with Gasteiger partial charge in [0.15, 0.2) is 0 Å². The molecule has 3 aliphatic heterocycles. The van der Waals surface area contributed by atoms with E-state index in [0.29, 0.717) is 25.5 Å². The largest absolute Gasteiger partial charge is 0.381 e. The van der Waals surface area contributed by atoms with Crippen molar-refractivity contribution in [2.24, 2.45) is 11.3 Å². The number of nitrogens with zero attached hydrogens (tertiary/aromatic N) is 2. The number of benzene rings is 1. The molecule has 1 aromatic rings. The van der Waals surface area contributed by atoms with Gasteiger partial charge in [0.2, 0.25) is 11.8 Å². The molecule has 1 atom stereocenters. The number of aryl methyl sites for hydroxylation is 1. The van der Waals surface area contributed by atoms with Gasteiger partial charge >= 0.3 is 0 Å². The molecule has 0 N–H and O–H groups in total. The Balaban J connectivity index is 1.25. The van der Waals surface area contributed by atoms with Gasteiger partial charge in [-0.3, -0.25) is 9.59 Å². The van der Waals surface area contributed by atoms with Crippen LogP contribution < -0.4 is 0 Å². The summed E-state index contributed by atoms with van der Waals surface area (Å²) in [6.45, 7) is 4.59. The van der Waals surface area contributed by atoms with Crippen molar-refractivity contribution in [1.29, 1.82) is 0 Å². The molecular formula is C22H30N2O3. The van der Waals surface area contributed by atoms with Gasteiger partial charge in [-0.05, 0) is 37.7 Å². The average Bonchev–Trinajstić information content (AvgIpc) is 3.32. The fourth-order valence-corrected chi connectivity index (χ4v) is 4.83. The van der Waals surface area contributed by atoms with Crippen molar-refractivity contribution in [3.05, 3.63) is 35.9 Å². The Labute approximate surface area is 161 Å². The predicted octanol–water partition coefficient (Wildman–Crippen LogP) is 2.50. The van der Waals surface area contributed by atoms with E-state index in [-0.39, 0.29) is 17.2 Å². The smallest absolute Gasteiger partial charge is 0.228 e. The van der Waals surface area contributed by atoms with Crippen LogP contribution in [0.3, 0.4) is 0 Å². The molecule has 3 aliphatic rings. The van der Waals surface area contributed by atoms with Crippen LogP contribution in [0.2, 0.25) is 0 Å². The Morgan fingerprint density at radius 1 is 1.19 bits per heavy atom. The molecule has 0 bridgehead atoms. The molecule has 1 spiro atoms. The molecule has 0 radical (unpaired) electrons. The van der Waals surface area contributed by atoms with Gasteiger partial charge in [-0.2, -0.15) is 0 Å². The van der Waals surface area contributed by atoms with E-state index in [0.717, 1.165) is 58.3 Å². The third-order valence-electron chi connectivity index (χ3n) is 6.56. The third kappa shape index (κ3) is 4.18. The molecule has 3 fully saturated rings. The molecule has 0 aromatic heterocycles. The van der Waals surface area contributed by atoms with E-state index < -0.39 is 0 Å². The van der Waals surface area contributed by atoms with E-state index in [9.17, 15) is 9.59 Å². The standard InChI is InChI=1S/C22H30N2O3/c25-20-15-22(17-24(20)11-4-7-18-5-2-1-3-6-18)9-12-23(13-10-22)21(26)19-8-14-27-16-19/h1-3,5-6,19H,4,7-17H2/t19-/m1/s1. The Morgan fingerprint density at radius 3 is 2.67 bits per heavy atom. The number of carbonyl (C=O) groups excluding carboxylic acids is 2. The molecule has 1 aromatic carbocycles. The van der Waals surface area contributed by atoms with Gasteiger partial charge in [0.25, 0.3) is 0 Å². The summed E-state index contributed by atoms with van der Waals surface area (Å²) in [6.07, 6.45) is 5.45. The highest BCUT2D eigenvalue weighted by Crippen LogP contribution is 2.41. The molecule has 0 unspecified atom stereocenters. The minimum absolute atomic E-state index is 0.0544. The summed E-state index contributed by atoms with van der Waals surface area (Å²) in [5.74, 6) is 0.608. The lowest BCUT2D eigenvalue weighted by atomic mass is 9.77. The Kier molecular flexibility index (Phi) is 5.48. The number of hydrogen-bond donors (Lipinski definition) is 0. The van der Waals surface area contributed by atoms with Gasteiger partial charge in [0.1, 0.15) is 0 Å². The van der Waals surface area contributed by atoms with Crippen molar-refractivity contribution in [2.45, 2.75) is 38.5 Å². The number of rotatable bonds is 5. The van der Waals surface area contributed by atoms with Crippen molar-refractivity contribution >= 4 is 11.8 Å². The predicted molar refractivity (Wildman–Crippen MR) is 103 cm³/mol. The van der Waals surface area contributed by atoms with Gasteiger partial charge < -0.3 is 14.5 Å². The lowest BCUT2D eigenvalue weighted by Crippen LogP contribution is -2.46. The van der Waals surface area contributed by atoms with Gasteiger partial charge in [0, 0.05) is 44.6 Å². The number of ether oxygens (including phenoxy) is 1. The van der Waals surface area contributed by atoms with Crippen molar-refractivity contribution in [3.63, 3.8) is 0 Å². The van der Waals surface area contributed by atoms with Gasteiger partial charge in [-0.15, -0.1) is 0 Å². The molecule has 5 nitrogen and oxygen atoms in total. The van der Waals surface area contributed by atoms with Crippen molar-refractivity contribution in [3.8, 4) is 0 Å². The highest BCUT2D eigenvalue weighted by molar-refractivity contribution is 5.80. The van der Waals surface area contributed by atoms with Gasteiger partial charge in [0.05, 0.1) is 12.5 Å². The number of amides is 2. The zero-order valence-electron chi connectivity index (χ0n) is 16.1. The zero-order valence-corrected chi connectivity index (χ0v) is 16.1.